The highest BCUT2D eigenvalue weighted by molar-refractivity contribution is 6.19. The summed E-state index contributed by atoms with van der Waals surface area (Å²) in [7, 11) is 0. The first-order chi connectivity index (χ1) is 31.5. The number of halogens is 6. The molecule has 6 aromatic rings. The van der Waals surface area contributed by atoms with E-state index in [1.165, 1.54) is 33.6 Å². The topological polar surface area (TPSA) is 190 Å². The molecule has 0 unspecified atom stereocenters. The summed E-state index contributed by atoms with van der Waals surface area (Å²) in [6, 6.07) is 22.9. The fourth-order valence-corrected chi connectivity index (χ4v) is 6.85. The highest BCUT2D eigenvalue weighted by atomic mass is 19.4. The van der Waals surface area contributed by atoms with Crippen LogP contribution >= 0.6 is 0 Å². The third-order valence-electron chi connectivity index (χ3n) is 9.96. The van der Waals surface area contributed by atoms with E-state index in [1.807, 2.05) is 0 Å². The fraction of sp³-hybridized carbons (Fsp3) is 0.233. The number of imide groups is 2. The number of hydrogen-bond acceptors (Lipinski definition) is 13. The van der Waals surface area contributed by atoms with E-state index in [0.717, 1.165) is 45.2 Å². The van der Waals surface area contributed by atoms with Crippen LogP contribution < -0.4 is 19.3 Å². The van der Waals surface area contributed by atoms with Gasteiger partial charge in [0.2, 0.25) is 35.5 Å². The predicted molar refractivity (Wildman–Crippen MR) is 215 cm³/mol. The lowest BCUT2D eigenvalue weighted by molar-refractivity contribution is -0.275. The number of carbonyl (C=O) groups excluding carboxylic acids is 5. The molecular formula is C43H32F6N8O9. The Hall–Kier alpha value is -8.11. The molecule has 4 aromatic carbocycles. The zero-order valence-electron chi connectivity index (χ0n) is 33.9. The minimum atomic E-state index is -4.90. The monoisotopic (exact) mass is 918 g/mol. The van der Waals surface area contributed by atoms with Crippen molar-refractivity contribution < 1.29 is 69.3 Å². The van der Waals surface area contributed by atoms with Crippen LogP contribution in [0, 0.1) is 0 Å². The molecule has 340 valence electrons. The molecule has 66 heavy (non-hydrogen) atoms. The van der Waals surface area contributed by atoms with Gasteiger partial charge in [-0.1, -0.05) is 48.5 Å². The molecule has 0 atom stereocenters. The number of ether oxygens (including phenoxy) is 4. The Balaban J connectivity index is 0.849. The fourth-order valence-electron chi connectivity index (χ4n) is 6.85. The predicted octanol–water partition coefficient (Wildman–Crippen LogP) is 7.22. The number of carbonyl (C=O) groups is 5. The van der Waals surface area contributed by atoms with Crippen LogP contribution in [0.5, 0.6) is 11.5 Å². The first-order valence-electron chi connectivity index (χ1n) is 19.8. The van der Waals surface area contributed by atoms with Gasteiger partial charge in [0.05, 0.1) is 24.6 Å². The molecule has 23 heteroatoms. The zero-order chi connectivity index (χ0) is 46.8. The number of hydrogen-bond donors (Lipinski definition) is 0. The molecular weight excluding hydrogens is 887 g/mol. The molecule has 2 aliphatic heterocycles. The number of aromatic nitrogens is 6. The van der Waals surface area contributed by atoms with Gasteiger partial charge in [-0.05, 0) is 59.7 Å². The van der Waals surface area contributed by atoms with Gasteiger partial charge in [-0.3, -0.25) is 19.2 Å². The number of anilines is 2. The van der Waals surface area contributed by atoms with Crippen LogP contribution in [0.3, 0.4) is 0 Å². The molecule has 0 aliphatic carbocycles. The Morgan fingerprint density at radius 1 is 0.500 bits per heavy atom. The van der Waals surface area contributed by atoms with Crippen LogP contribution in [0.15, 0.2) is 97.1 Å². The summed E-state index contributed by atoms with van der Waals surface area (Å²) in [6.07, 6.45) is -10.3. The van der Waals surface area contributed by atoms with E-state index in [2.05, 4.69) is 29.6 Å². The minimum absolute atomic E-state index is 0.0289. The van der Waals surface area contributed by atoms with E-state index in [0.29, 0.717) is 24.0 Å². The van der Waals surface area contributed by atoms with Gasteiger partial charge in [-0.25, -0.2) is 14.6 Å². The summed E-state index contributed by atoms with van der Waals surface area (Å²) in [4.78, 5) is 73.4. The molecule has 0 N–H and O–H groups in total. The highest BCUT2D eigenvalue weighted by Gasteiger charge is 2.37. The molecule has 4 amide bonds. The van der Waals surface area contributed by atoms with Gasteiger partial charge < -0.3 is 18.9 Å². The molecule has 17 nitrogen and oxygen atoms in total. The van der Waals surface area contributed by atoms with Crippen molar-refractivity contribution >= 4 is 41.7 Å². The maximum absolute atomic E-state index is 12.7. The Kier molecular flexibility index (Phi) is 12.3. The van der Waals surface area contributed by atoms with Gasteiger partial charge in [0.1, 0.15) is 11.5 Å². The van der Waals surface area contributed by atoms with Gasteiger partial charge in [0, 0.05) is 49.7 Å². The number of rotatable bonds is 14. The van der Waals surface area contributed by atoms with Crippen molar-refractivity contribution in [2.75, 3.05) is 23.0 Å². The second-order valence-electron chi connectivity index (χ2n) is 14.5. The van der Waals surface area contributed by atoms with Crippen molar-refractivity contribution in [3.05, 3.63) is 108 Å². The number of alkyl halides is 6. The molecule has 0 bridgehead atoms. The third kappa shape index (κ3) is 10.3. The molecule has 2 fully saturated rings. The van der Waals surface area contributed by atoms with Crippen LogP contribution in [0.1, 0.15) is 36.8 Å². The smallest absolute Gasteiger partial charge is 0.434 e. The van der Waals surface area contributed by atoms with Crippen LogP contribution in [-0.4, -0.2) is 85.3 Å². The van der Waals surface area contributed by atoms with Gasteiger partial charge in [-0.15, -0.1) is 36.5 Å². The Labute approximate surface area is 368 Å². The maximum Gasteiger partial charge on any atom is 0.573 e. The van der Waals surface area contributed by atoms with Crippen LogP contribution in [0.4, 0.5) is 43.0 Å². The first kappa shape index (κ1) is 44.5. The van der Waals surface area contributed by atoms with Gasteiger partial charge >= 0.3 is 18.9 Å². The van der Waals surface area contributed by atoms with Crippen molar-refractivity contribution in [3.8, 4) is 45.6 Å². The minimum Gasteiger partial charge on any atom is -0.434 e. The van der Waals surface area contributed by atoms with Crippen molar-refractivity contribution in [1.29, 1.82) is 0 Å². The third-order valence-corrected chi connectivity index (χ3v) is 9.96. The van der Waals surface area contributed by atoms with Crippen LogP contribution in [0.2, 0.25) is 0 Å². The number of nitrogens with zero attached hydrogens (tertiary/aromatic N) is 8. The van der Waals surface area contributed by atoms with E-state index in [1.54, 1.807) is 48.5 Å². The normalized spacial score (nSPS) is 14.3. The largest absolute Gasteiger partial charge is 0.573 e. The lowest BCUT2D eigenvalue weighted by Crippen LogP contribution is -2.31. The first-order valence-corrected chi connectivity index (χ1v) is 19.8. The Morgan fingerprint density at radius 3 is 1.15 bits per heavy atom. The standard InChI is InChI=1S/C43H32F6N8O9/c44-42(45,46)65-31-13-9-29(10-14-31)56-39(54-33(58)17-18-34(54)59)50-37(52-56)27-5-1-25(2-6-27)21-23-63-41(62)64-24-22-26-3-7-28(8-4-26)38-51-40(55-35(60)19-20-36(55)61)57(53-38)30-11-15-32(16-12-30)66-43(47,48)49/h1-16H,17-24H2. The summed E-state index contributed by atoms with van der Waals surface area (Å²) in [5, 5.41) is 8.90. The SMILES string of the molecule is O=C(OCCc1ccc(-c2nc(N3C(=O)CCC3=O)n(-c3ccc(OC(F)(F)F)cc3)n2)cc1)OCCc1ccc(-c2nc(N3C(=O)CCC3=O)n(-c3ccc(OC(F)(F)F)cc3)n2)cc1. The molecule has 4 heterocycles. The van der Waals surface area contributed by atoms with E-state index in [4.69, 9.17) is 9.47 Å². The number of amides is 4. The van der Waals surface area contributed by atoms with Crippen molar-refractivity contribution in [1.82, 2.24) is 29.5 Å². The summed E-state index contributed by atoms with van der Waals surface area (Å²) < 4.78 is 96.9. The van der Waals surface area contributed by atoms with E-state index >= 15 is 0 Å². The van der Waals surface area contributed by atoms with Gasteiger partial charge in [0.15, 0.2) is 11.6 Å². The lowest BCUT2D eigenvalue weighted by atomic mass is 10.1. The van der Waals surface area contributed by atoms with Crippen LogP contribution in [-0.2, 0) is 41.5 Å². The highest BCUT2D eigenvalue weighted by Crippen LogP contribution is 2.32. The van der Waals surface area contributed by atoms with E-state index in [-0.39, 0.29) is 73.8 Å². The molecule has 0 radical (unpaired) electrons. The summed E-state index contributed by atoms with van der Waals surface area (Å²) in [6.45, 7) is -0.0578. The molecule has 2 aromatic heterocycles. The second-order valence-corrected chi connectivity index (χ2v) is 14.5. The average Bonchev–Trinajstić information content (AvgIpc) is 4.06. The van der Waals surface area contributed by atoms with Crippen molar-refractivity contribution in [3.63, 3.8) is 0 Å². The van der Waals surface area contributed by atoms with Gasteiger partial charge in [-0.2, -0.15) is 19.3 Å². The Bertz CT molecular complexity index is 2570. The summed E-state index contributed by atoms with van der Waals surface area (Å²) >= 11 is 0. The van der Waals surface area contributed by atoms with Gasteiger partial charge in [0.25, 0.3) is 0 Å². The zero-order valence-corrected chi connectivity index (χ0v) is 33.9. The lowest BCUT2D eigenvalue weighted by Gasteiger charge is -2.14. The van der Waals surface area contributed by atoms with Crippen molar-refractivity contribution in [2.45, 2.75) is 51.2 Å². The molecule has 2 aliphatic rings. The Morgan fingerprint density at radius 2 is 0.833 bits per heavy atom. The molecule has 0 spiro atoms. The second kappa shape index (κ2) is 18.2. The van der Waals surface area contributed by atoms with Crippen LogP contribution in [0.25, 0.3) is 34.2 Å². The average molecular weight is 919 g/mol. The van der Waals surface area contributed by atoms with E-state index in [9.17, 15) is 50.3 Å². The quantitative estimate of drug-likeness (QED) is 0.0605. The van der Waals surface area contributed by atoms with Crippen molar-refractivity contribution in [2.24, 2.45) is 0 Å². The summed E-state index contributed by atoms with van der Waals surface area (Å²) in [5.41, 5.74) is 2.92. The summed E-state index contributed by atoms with van der Waals surface area (Å²) in [5.74, 6) is -3.01. The molecule has 2 saturated heterocycles. The molecule has 0 saturated carbocycles. The molecule has 8 rings (SSSR count). The number of benzene rings is 4. The van der Waals surface area contributed by atoms with E-state index < -0.39 is 54.0 Å². The maximum atomic E-state index is 12.7.